The Labute approximate surface area is 134 Å². The third-order valence-corrected chi connectivity index (χ3v) is 4.05. The lowest BCUT2D eigenvalue weighted by molar-refractivity contribution is 0.372. The van der Waals surface area contributed by atoms with Gasteiger partial charge in [-0.3, -0.25) is 0 Å². The first-order valence-corrected chi connectivity index (χ1v) is 7.45. The first-order valence-electron chi connectivity index (χ1n) is 7.45. The van der Waals surface area contributed by atoms with Crippen LogP contribution in [0.1, 0.15) is 23.6 Å². The number of halogens is 1. The van der Waals surface area contributed by atoms with E-state index in [0.717, 1.165) is 29.7 Å². The highest BCUT2D eigenvalue weighted by molar-refractivity contribution is 5.76. The van der Waals surface area contributed by atoms with Crippen LogP contribution in [0.3, 0.4) is 0 Å². The van der Waals surface area contributed by atoms with E-state index in [2.05, 4.69) is 11.4 Å². The number of hydrogen-bond donors (Lipinski definition) is 3. The van der Waals surface area contributed by atoms with Crippen molar-refractivity contribution in [3.8, 4) is 11.5 Å². The molecule has 0 amide bonds. The molecule has 0 saturated carbocycles. The standard InChI is InChI=1S/C18H19FN2O2/c1-23-18-9-12(2-5-17(18)22)16-8-11(6-7-21-16)14-4-3-13(19)10-15(14)20/h2-5,8-10,16,21-22H,6-7,20H2,1H3. The molecule has 0 radical (unpaired) electrons. The predicted octanol–water partition coefficient (Wildman–Crippen LogP) is 3.24. The topological polar surface area (TPSA) is 67.5 Å². The Kier molecular flexibility index (Phi) is 4.21. The molecule has 0 aliphatic carbocycles. The molecule has 1 atom stereocenters. The Morgan fingerprint density at radius 2 is 2.09 bits per heavy atom. The molecule has 0 saturated heterocycles. The summed E-state index contributed by atoms with van der Waals surface area (Å²) in [5.41, 5.74) is 9.32. The van der Waals surface area contributed by atoms with Crippen LogP contribution in [0.2, 0.25) is 0 Å². The van der Waals surface area contributed by atoms with Crippen LogP contribution in [0.15, 0.2) is 42.5 Å². The van der Waals surface area contributed by atoms with E-state index in [4.69, 9.17) is 10.5 Å². The van der Waals surface area contributed by atoms with Crippen molar-refractivity contribution < 1.29 is 14.2 Å². The van der Waals surface area contributed by atoms with Crippen molar-refractivity contribution >= 4 is 11.3 Å². The highest BCUT2D eigenvalue weighted by Gasteiger charge is 2.18. The molecule has 0 aromatic heterocycles. The second-order valence-corrected chi connectivity index (χ2v) is 5.54. The molecule has 2 aromatic carbocycles. The normalized spacial score (nSPS) is 17.7. The minimum atomic E-state index is -0.333. The summed E-state index contributed by atoms with van der Waals surface area (Å²) in [5, 5.41) is 13.1. The van der Waals surface area contributed by atoms with Crippen LogP contribution < -0.4 is 15.8 Å². The van der Waals surface area contributed by atoms with E-state index in [1.54, 1.807) is 18.2 Å². The summed E-state index contributed by atoms with van der Waals surface area (Å²) in [6.07, 6.45) is 2.90. The van der Waals surface area contributed by atoms with Gasteiger partial charge in [0, 0.05) is 17.8 Å². The highest BCUT2D eigenvalue weighted by Crippen LogP contribution is 2.34. The summed E-state index contributed by atoms with van der Waals surface area (Å²) in [7, 11) is 1.52. The second-order valence-electron chi connectivity index (χ2n) is 5.54. The molecule has 4 N–H and O–H groups in total. The van der Waals surface area contributed by atoms with Crippen LogP contribution in [0.25, 0.3) is 5.57 Å². The molecule has 0 bridgehead atoms. The minimum absolute atomic E-state index is 0.0160. The van der Waals surface area contributed by atoms with Gasteiger partial charge in [-0.1, -0.05) is 12.1 Å². The van der Waals surface area contributed by atoms with Crippen molar-refractivity contribution in [3.63, 3.8) is 0 Å². The Morgan fingerprint density at radius 1 is 1.26 bits per heavy atom. The molecular weight excluding hydrogens is 295 g/mol. The van der Waals surface area contributed by atoms with Gasteiger partial charge in [0.15, 0.2) is 11.5 Å². The van der Waals surface area contributed by atoms with E-state index >= 15 is 0 Å². The third-order valence-electron chi connectivity index (χ3n) is 4.05. The van der Waals surface area contributed by atoms with Gasteiger partial charge in [0.25, 0.3) is 0 Å². The number of nitrogen functional groups attached to an aromatic ring is 1. The van der Waals surface area contributed by atoms with Gasteiger partial charge >= 0.3 is 0 Å². The summed E-state index contributed by atoms with van der Waals surface area (Å²) in [6.45, 7) is 0.788. The lowest BCUT2D eigenvalue weighted by atomic mass is 9.93. The summed E-state index contributed by atoms with van der Waals surface area (Å²) >= 11 is 0. The average molecular weight is 314 g/mol. The number of hydrogen-bond acceptors (Lipinski definition) is 4. The Morgan fingerprint density at radius 3 is 2.83 bits per heavy atom. The maximum Gasteiger partial charge on any atom is 0.160 e. The van der Waals surface area contributed by atoms with Crippen molar-refractivity contribution in [2.45, 2.75) is 12.5 Å². The summed E-state index contributed by atoms with van der Waals surface area (Å²) < 4.78 is 18.4. The third kappa shape index (κ3) is 3.14. The Bertz CT molecular complexity index is 759. The number of aromatic hydroxyl groups is 1. The number of benzene rings is 2. The quantitative estimate of drug-likeness (QED) is 0.761. The number of nitrogens with two attached hydrogens (primary N) is 1. The van der Waals surface area contributed by atoms with Crippen LogP contribution >= 0.6 is 0 Å². The average Bonchev–Trinajstić information content (AvgIpc) is 2.55. The van der Waals surface area contributed by atoms with E-state index in [0.29, 0.717) is 11.4 Å². The van der Waals surface area contributed by atoms with E-state index in [1.165, 1.54) is 19.2 Å². The summed E-state index contributed by atoms with van der Waals surface area (Å²) in [5.74, 6) is 0.214. The molecule has 1 aliphatic rings. The van der Waals surface area contributed by atoms with Gasteiger partial charge in [0.1, 0.15) is 5.82 Å². The molecule has 3 rings (SSSR count). The zero-order valence-electron chi connectivity index (χ0n) is 12.8. The molecule has 1 unspecified atom stereocenters. The van der Waals surface area contributed by atoms with E-state index < -0.39 is 0 Å². The maximum atomic E-state index is 13.2. The van der Waals surface area contributed by atoms with Crippen LogP contribution in [0.4, 0.5) is 10.1 Å². The van der Waals surface area contributed by atoms with Gasteiger partial charge in [0.2, 0.25) is 0 Å². The molecule has 120 valence electrons. The van der Waals surface area contributed by atoms with Crippen LogP contribution in [-0.4, -0.2) is 18.8 Å². The van der Waals surface area contributed by atoms with Crippen molar-refractivity contribution in [3.05, 3.63) is 59.4 Å². The molecular formula is C18H19FN2O2. The van der Waals surface area contributed by atoms with Gasteiger partial charge in [-0.2, -0.15) is 0 Å². The van der Waals surface area contributed by atoms with Crippen LogP contribution in [0, 0.1) is 5.82 Å². The smallest absolute Gasteiger partial charge is 0.160 e. The first-order chi connectivity index (χ1) is 11.1. The van der Waals surface area contributed by atoms with Gasteiger partial charge < -0.3 is 20.9 Å². The SMILES string of the molecule is COc1cc(C2C=C(c3ccc(F)cc3N)CCN2)ccc1O. The number of phenolic OH excluding ortho intramolecular Hbond substituents is 1. The monoisotopic (exact) mass is 314 g/mol. The van der Waals surface area contributed by atoms with Gasteiger partial charge in [0.05, 0.1) is 13.2 Å². The zero-order valence-corrected chi connectivity index (χ0v) is 12.8. The van der Waals surface area contributed by atoms with Crippen molar-refractivity contribution in [2.24, 2.45) is 0 Å². The molecule has 1 aliphatic heterocycles. The predicted molar refractivity (Wildman–Crippen MR) is 88.8 cm³/mol. The summed E-state index contributed by atoms with van der Waals surface area (Å²) in [6, 6.07) is 9.74. The van der Waals surface area contributed by atoms with Gasteiger partial charge in [-0.05, 0) is 47.9 Å². The van der Waals surface area contributed by atoms with E-state index in [9.17, 15) is 9.50 Å². The van der Waals surface area contributed by atoms with Crippen molar-refractivity contribution in [2.75, 3.05) is 19.4 Å². The molecule has 0 spiro atoms. The number of rotatable bonds is 3. The number of methoxy groups -OCH3 is 1. The zero-order chi connectivity index (χ0) is 16.4. The molecule has 23 heavy (non-hydrogen) atoms. The Hall–Kier alpha value is -2.53. The lowest BCUT2D eigenvalue weighted by Gasteiger charge is -2.24. The fourth-order valence-corrected chi connectivity index (χ4v) is 2.86. The molecule has 5 heteroatoms. The molecule has 1 heterocycles. The van der Waals surface area contributed by atoms with Crippen LogP contribution in [0.5, 0.6) is 11.5 Å². The molecule has 0 fully saturated rings. The maximum absolute atomic E-state index is 13.2. The van der Waals surface area contributed by atoms with Crippen LogP contribution in [-0.2, 0) is 0 Å². The summed E-state index contributed by atoms with van der Waals surface area (Å²) in [4.78, 5) is 0. The van der Waals surface area contributed by atoms with Gasteiger partial charge in [-0.25, -0.2) is 4.39 Å². The fraction of sp³-hybridized carbons (Fsp3) is 0.222. The molecule has 4 nitrogen and oxygen atoms in total. The lowest BCUT2D eigenvalue weighted by Crippen LogP contribution is -2.25. The number of ether oxygens (including phenoxy) is 1. The molecule has 2 aromatic rings. The van der Waals surface area contributed by atoms with E-state index in [-0.39, 0.29) is 17.6 Å². The number of nitrogens with one attached hydrogen (secondary N) is 1. The van der Waals surface area contributed by atoms with Crippen molar-refractivity contribution in [1.82, 2.24) is 5.32 Å². The van der Waals surface area contributed by atoms with Gasteiger partial charge in [-0.15, -0.1) is 0 Å². The second kappa shape index (κ2) is 6.30. The minimum Gasteiger partial charge on any atom is -0.504 e. The first kappa shape index (κ1) is 15.4. The number of phenols is 1. The highest BCUT2D eigenvalue weighted by atomic mass is 19.1. The van der Waals surface area contributed by atoms with E-state index in [1.807, 2.05) is 6.07 Å². The van der Waals surface area contributed by atoms with Crippen molar-refractivity contribution in [1.29, 1.82) is 0 Å². The fourth-order valence-electron chi connectivity index (χ4n) is 2.86. The Balaban J connectivity index is 1.95. The largest absolute Gasteiger partial charge is 0.504 e. The number of anilines is 1.